The SMILES string of the molecule is CC(=O)N[C@@]1(C)C[C@H](c2ccccc2O)O[C@@H]2C[C@H](C)CC[C@H]21. The first-order chi connectivity index (χ1) is 10.9. The van der Waals surface area contributed by atoms with Gasteiger partial charge in [-0.25, -0.2) is 0 Å². The van der Waals surface area contributed by atoms with E-state index in [1.807, 2.05) is 18.2 Å². The van der Waals surface area contributed by atoms with E-state index in [0.717, 1.165) is 18.4 Å². The number of ether oxygens (including phenoxy) is 1. The van der Waals surface area contributed by atoms with Crippen molar-refractivity contribution in [2.24, 2.45) is 11.8 Å². The highest BCUT2D eigenvalue weighted by Crippen LogP contribution is 2.48. The lowest BCUT2D eigenvalue weighted by Crippen LogP contribution is -2.60. The lowest BCUT2D eigenvalue weighted by atomic mass is 9.66. The summed E-state index contributed by atoms with van der Waals surface area (Å²) in [6.45, 7) is 5.98. The van der Waals surface area contributed by atoms with Gasteiger partial charge in [0.2, 0.25) is 5.91 Å². The second-order valence-electron chi connectivity index (χ2n) is 7.55. The highest BCUT2D eigenvalue weighted by Gasteiger charge is 2.49. The van der Waals surface area contributed by atoms with E-state index in [1.54, 1.807) is 13.0 Å². The van der Waals surface area contributed by atoms with Gasteiger partial charge in [0.15, 0.2) is 0 Å². The maximum atomic E-state index is 11.8. The molecule has 0 bridgehead atoms. The van der Waals surface area contributed by atoms with Crippen LogP contribution in [0.3, 0.4) is 0 Å². The van der Waals surface area contributed by atoms with Crippen molar-refractivity contribution in [1.29, 1.82) is 0 Å². The number of fused-ring (bicyclic) bond motifs is 1. The lowest BCUT2D eigenvalue weighted by molar-refractivity contribution is -0.153. The van der Waals surface area contributed by atoms with Crippen LogP contribution in [0.1, 0.15) is 58.1 Å². The minimum atomic E-state index is -0.290. The van der Waals surface area contributed by atoms with Crippen LogP contribution >= 0.6 is 0 Å². The van der Waals surface area contributed by atoms with Crippen LogP contribution in [0.25, 0.3) is 0 Å². The first-order valence-electron chi connectivity index (χ1n) is 8.61. The molecule has 0 unspecified atom stereocenters. The van der Waals surface area contributed by atoms with Gasteiger partial charge in [-0.15, -0.1) is 0 Å². The predicted molar refractivity (Wildman–Crippen MR) is 89.1 cm³/mol. The minimum Gasteiger partial charge on any atom is -0.508 e. The fourth-order valence-corrected chi connectivity index (χ4v) is 4.49. The summed E-state index contributed by atoms with van der Waals surface area (Å²) < 4.78 is 6.39. The maximum absolute atomic E-state index is 11.8. The zero-order valence-electron chi connectivity index (χ0n) is 14.2. The van der Waals surface area contributed by atoms with Gasteiger partial charge in [0.1, 0.15) is 5.75 Å². The van der Waals surface area contributed by atoms with Crippen LogP contribution in [-0.4, -0.2) is 22.7 Å². The van der Waals surface area contributed by atoms with Gasteiger partial charge in [0.05, 0.1) is 12.2 Å². The van der Waals surface area contributed by atoms with E-state index >= 15 is 0 Å². The smallest absolute Gasteiger partial charge is 0.217 e. The molecular weight excluding hydrogens is 290 g/mol. The van der Waals surface area contributed by atoms with E-state index in [0.29, 0.717) is 18.3 Å². The summed E-state index contributed by atoms with van der Waals surface area (Å²) in [5.74, 6) is 1.25. The monoisotopic (exact) mass is 317 g/mol. The number of nitrogens with one attached hydrogen (secondary N) is 1. The fraction of sp³-hybridized carbons (Fsp3) is 0.632. The molecule has 1 heterocycles. The predicted octanol–water partition coefficient (Wildman–Crippen LogP) is 3.55. The summed E-state index contributed by atoms with van der Waals surface area (Å²) in [6.07, 6.45) is 3.93. The number of rotatable bonds is 2. The molecule has 5 atom stereocenters. The Kier molecular flexibility index (Phi) is 4.37. The van der Waals surface area contributed by atoms with Gasteiger partial charge >= 0.3 is 0 Å². The number of para-hydroxylation sites is 1. The number of amides is 1. The largest absolute Gasteiger partial charge is 0.508 e. The lowest BCUT2D eigenvalue weighted by Gasteiger charge is -2.52. The fourth-order valence-electron chi connectivity index (χ4n) is 4.49. The number of benzene rings is 1. The van der Waals surface area contributed by atoms with Crippen molar-refractivity contribution in [2.75, 3.05) is 0 Å². The van der Waals surface area contributed by atoms with Crippen LogP contribution in [0.15, 0.2) is 24.3 Å². The maximum Gasteiger partial charge on any atom is 0.217 e. The van der Waals surface area contributed by atoms with E-state index in [2.05, 4.69) is 19.2 Å². The molecule has 0 spiro atoms. The Morgan fingerprint density at radius 1 is 1.35 bits per heavy atom. The highest BCUT2D eigenvalue weighted by atomic mass is 16.5. The minimum absolute atomic E-state index is 0.00260. The third kappa shape index (κ3) is 3.23. The normalized spacial score (nSPS) is 37.0. The molecule has 126 valence electrons. The quantitative estimate of drug-likeness (QED) is 0.877. The highest BCUT2D eigenvalue weighted by molar-refractivity contribution is 5.73. The second-order valence-corrected chi connectivity index (χ2v) is 7.55. The van der Waals surface area contributed by atoms with E-state index in [4.69, 9.17) is 4.74 Å². The molecule has 2 N–H and O–H groups in total. The van der Waals surface area contributed by atoms with Crippen LogP contribution in [0, 0.1) is 11.8 Å². The van der Waals surface area contributed by atoms with Crippen molar-refractivity contribution in [1.82, 2.24) is 5.32 Å². The number of hydrogen-bond acceptors (Lipinski definition) is 3. The number of aromatic hydroxyl groups is 1. The molecule has 3 rings (SSSR count). The Hall–Kier alpha value is -1.55. The molecule has 0 radical (unpaired) electrons. The molecule has 2 fully saturated rings. The molecule has 4 nitrogen and oxygen atoms in total. The Balaban J connectivity index is 1.92. The van der Waals surface area contributed by atoms with Gasteiger partial charge in [-0.2, -0.15) is 0 Å². The zero-order chi connectivity index (χ0) is 16.6. The summed E-state index contributed by atoms with van der Waals surface area (Å²) in [5.41, 5.74) is 0.530. The molecule has 4 heteroatoms. The molecule has 1 aliphatic heterocycles. The van der Waals surface area contributed by atoms with Crippen molar-refractivity contribution < 1.29 is 14.6 Å². The van der Waals surface area contributed by atoms with Gasteiger partial charge < -0.3 is 15.2 Å². The van der Waals surface area contributed by atoms with Gasteiger partial charge in [0.25, 0.3) is 0 Å². The van der Waals surface area contributed by atoms with Crippen LogP contribution in [0.2, 0.25) is 0 Å². The topological polar surface area (TPSA) is 58.6 Å². The van der Waals surface area contributed by atoms with E-state index < -0.39 is 0 Å². The summed E-state index contributed by atoms with van der Waals surface area (Å²) in [6, 6.07) is 7.36. The molecule has 1 aromatic carbocycles. The average Bonchev–Trinajstić information content (AvgIpc) is 2.45. The van der Waals surface area contributed by atoms with Crippen molar-refractivity contribution in [3.63, 3.8) is 0 Å². The van der Waals surface area contributed by atoms with Crippen LogP contribution in [0.4, 0.5) is 0 Å². The average molecular weight is 317 g/mol. The molecule has 1 aromatic rings. The Labute approximate surface area is 138 Å². The third-order valence-electron chi connectivity index (χ3n) is 5.57. The van der Waals surface area contributed by atoms with Gasteiger partial charge in [-0.3, -0.25) is 4.79 Å². The number of phenols is 1. The molecule has 1 amide bonds. The molecule has 1 aliphatic carbocycles. The molecule has 2 aliphatic rings. The van der Waals surface area contributed by atoms with Gasteiger partial charge in [0, 0.05) is 30.4 Å². The standard InChI is InChI=1S/C19H27NO3/c1-12-8-9-15-17(10-12)23-18(11-19(15,3)20-13(2)21)14-6-4-5-7-16(14)22/h4-7,12,15,17-18,22H,8-11H2,1-3H3,(H,20,21)/t12-,15-,17-,18-,19+/m1/s1. The number of phenolic OH excluding ortho intramolecular Hbond substituents is 1. The number of carbonyl (C=O) groups is 1. The van der Waals surface area contributed by atoms with Crippen molar-refractivity contribution >= 4 is 5.91 Å². The van der Waals surface area contributed by atoms with E-state index in [-0.39, 0.29) is 29.4 Å². The second kappa shape index (κ2) is 6.16. The van der Waals surface area contributed by atoms with Crippen molar-refractivity contribution in [3.05, 3.63) is 29.8 Å². The summed E-state index contributed by atoms with van der Waals surface area (Å²) >= 11 is 0. The summed E-state index contributed by atoms with van der Waals surface area (Å²) in [5, 5.41) is 13.4. The molecular formula is C19H27NO3. The van der Waals surface area contributed by atoms with Gasteiger partial charge in [-0.1, -0.05) is 31.5 Å². The first kappa shape index (κ1) is 16.3. The number of carbonyl (C=O) groups excluding carboxylic acids is 1. The Bertz CT molecular complexity index is 588. The molecule has 1 saturated carbocycles. The van der Waals surface area contributed by atoms with Gasteiger partial charge in [-0.05, 0) is 31.7 Å². The van der Waals surface area contributed by atoms with Crippen LogP contribution < -0.4 is 5.32 Å². The Morgan fingerprint density at radius 2 is 2.09 bits per heavy atom. The first-order valence-corrected chi connectivity index (χ1v) is 8.61. The third-order valence-corrected chi connectivity index (χ3v) is 5.57. The van der Waals surface area contributed by atoms with Crippen molar-refractivity contribution in [2.45, 2.75) is 64.2 Å². The van der Waals surface area contributed by atoms with Crippen molar-refractivity contribution in [3.8, 4) is 5.75 Å². The van der Waals surface area contributed by atoms with Crippen LogP contribution in [-0.2, 0) is 9.53 Å². The summed E-state index contributed by atoms with van der Waals surface area (Å²) in [4.78, 5) is 11.8. The van der Waals surface area contributed by atoms with E-state index in [1.165, 1.54) is 6.42 Å². The summed E-state index contributed by atoms with van der Waals surface area (Å²) in [7, 11) is 0. The molecule has 1 saturated heterocycles. The van der Waals surface area contributed by atoms with Crippen LogP contribution in [0.5, 0.6) is 5.75 Å². The Morgan fingerprint density at radius 3 is 2.78 bits per heavy atom. The molecule has 0 aromatic heterocycles. The zero-order valence-corrected chi connectivity index (χ0v) is 14.2. The molecule has 23 heavy (non-hydrogen) atoms. The van der Waals surface area contributed by atoms with E-state index in [9.17, 15) is 9.90 Å². The number of hydrogen-bond donors (Lipinski definition) is 2.